The third-order valence-corrected chi connectivity index (χ3v) is 10.3. The molecule has 1 aliphatic rings. The topological polar surface area (TPSA) is 87.2 Å². The van der Waals surface area contributed by atoms with Gasteiger partial charge in [-0.15, -0.1) is 11.3 Å². The molecule has 7 nitrogen and oxygen atoms in total. The third kappa shape index (κ3) is 5.97. The lowest BCUT2D eigenvalue weighted by Gasteiger charge is -2.28. The van der Waals surface area contributed by atoms with E-state index in [1.54, 1.807) is 6.07 Å². The Morgan fingerprint density at radius 2 is 1.79 bits per heavy atom. The molecule has 1 fully saturated rings. The van der Waals surface area contributed by atoms with Gasteiger partial charge in [-0.05, 0) is 71.6 Å². The molecule has 2 heterocycles. The molecule has 0 radical (unpaired) electrons. The van der Waals surface area contributed by atoms with Gasteiger partial charge in [0.05, 0.1) is 5.52 Å². The van der Waals surface area contributed by atoms with Crippen molar-refractivity contribution in [3.8, 4) is 0 Å². The molecule has 2 aromatic heterocycles. The van der Waals surface area contributed by atoms with Crippen molar-refractivity contribution in [1.29, 1.82) is 0 Å². The molecule has 33 heavy (non-hydrogen) atoms. The number of hydrogen-bond donors (Lipinski definition) is 2. The number of anilines is 2. The van der Waals surface area contributed by atoms with E-state index in [1.165, 1.54) is 0 Å². The Labute approximate surface area is 212 Å². The number of benzene rings is 1. The molecule has 0 aliphatic heterocycles. The zero-order valence-corrected chi connectivity index (χ0v) is 22.5. The highest BCUT2D eigenvalue weighted by molar-refractivity contribution is 9.10. The summed E-state index contributed by atoms with van der Waals surface area (Å²) in [5.41, 5.74) is 0.925. The van der Waals surface area contributed by atoms with E-state index in [2.05, 4.69) is 31.0 Å². The Bertz CT molecular complexity index is 1210. The average Bonchev–Trinajstić information content (AvgIpc) is 3.15. The Kier molecular flexibility index (Phi) is 7.80. The quantitative estimate of drug-likeness (QED) is 0.377. The Morgan fingerprint density at radius 1 is 1.12 bits per heavy atom. The van der Waals surface area contributed by atoms with Crippen LogP contribution in [0.4, 0.5) is 11.8 Å². The van der Waals surface area contributed by atoms with E-state index in [0.717, 1.165) is 60.3 Å². The number of para-hydroxylation sites is 1. The van der Waals surface area contributed by atoms with Gasteiger partial charge in [0.15, 0.2) is 0 Å². The summed E-state index contributed by atoms with van der Waals surface area (Å²) in [5, 5.41) is 4.46. The van der Waals surface area contributed by atoms with Crippen molar-refractivity contribution < 1.29 is 8.42 Å². The van der Waals surface area contributed by atoms with Crippen molar-refractivity contribution in [1.82, 2.24) is 14.7 Å². The highest BCUT2D eigenvalue weighted by Gasteiger charge is 2.25. The maximum absolute atomic E-state index is 12.5. The SMILES string of the molecule is CN(C)c1nc(NCC2CCC(CNS(=O)(=O)c3cc(Br)c(Cl)s3)CC2)nc2ccccc12. The van der Waals surface area contributed by atoms with Crippen molar-refractivity contribution in [2.45, 2.75) is 29.9 Å². The fraction of sp³-hybridized carbons (Fsp3) is 0.455. The van der Waals surface area contributed by atoms with Gasteiger partial charge in [0.2, 0.25) is 16.0 Å². The number of hydrogen-bond acceptors (Lipinski definition) is 7. The molecule has 0 unspecified atom stereocenters. The van der Waals surface area contributed by atoms with E-state index in [9.17, 15) is 8.42 Å². The van der Waals surface area contributed by atoms with Crippen LogP contribution in [0.3, 0.4) is 0 Å². The molecule has 1 aromatic carbocycles. The maximum atomic E-state index is 12.5. The van der Waals surface area contributed by atoms with E-state index in [4.69, 9.17) is 16.6 Å². The van der Waals surface area contributed by atoms with Gasteiger partial charge in [0.1, 0.15) is 14.4 Å². The Hall–Kier alpha value is -1.46. The number of nitrogens with one attached hydrogen (secondary N) is 2. The number of aromatic nitrogens is 2. The monoisotopic (exact) mass is 571 g/mol. The molecule has 4 rings (SSSR count). The van der Waals surface area contributed by atoms with Gasteiger partial charge in [-0.1, -0.05) is 23.7 Å². The number of sulfonamides is 1. The number of rotatable bonds is 8. The largest absolute Gasteiger partial charge is 0.362 e. The summed E-state index contributed by atoms with van der Waals surface area (Å²) in [6, 6.07) is 9.58. The van der Waals surface area contributed by atoms with Crippen LogP contribution in [0.15, 0.2) is 39.0 Å². The van der Waals surface area contributed by atoms with Gasteiger partial charge >= 0.3 is 0 Å². The molecular weight excluding hydrogens is 546 g/mol. The van der Waals surface area contributed by atoms with Gasteiger partial charge in [0.25, 0.3) is 0 Å². The predicted octanol–water partition coefficient (Wildman–Crippen LogP) is 5.37. The lowest BCUT2D eigenvalue weighted by molar-refractivity contribution is 0.284. The van der Waals surface area contributed by atoms with Gasteiger partial charge < -0.3 is 10.2 Å². The summed E-state index contributed by atoms with van der Waals surface area (Å²) in [7, 11) is 0.443. The minimum atomic E-state index is -3.53. The fourth-order valence-electron chi connectivity index (χ4n) is 4.11. The minimum absolute atomic E-state index is 0.240. The van der Waals surface area contributed by atoms with E-state index in [-0.39, 0.29) is 4.21 Å². The lowest BCUT2D eigenvalue weighted by Crippen LogP contribution is -2.32. The van der Waals surface area contributed by atoms with E-state index in [1.807, 2.05) is 43.3 Å². The van der Waals surface area contributed by atoms with E-state index < -0.39 is 10.0 Å². The molecule has 1 saturated carbocycles. The van der Waals surface area contributed by atoms with Crippen LogP contribution in [0.25, 0.3) is 10.9 Å². The first-order chi connectivity index (χ1) is 15.7. The second-order valence-electron chi connectivity index (χ2n) is 8.59. The van der Waals surface area contributed by atoms with Crippen LogP contribution < -0.4 is 14.9 Å². The molecule has 0 atom stereocenters. The minimum Gasteiger partial charge on any atom is -0.362 e. The fourth-order valence-corrected chi connectivity index (χ4v) is 7.57. The molecule has 0 bridgehead atoms. The molecule has 3 aromatic rings. The predicted molar refractivity (Wildman–Crippen MR) is 140 cm³/mol. The first-order valence-corrected chi connectivity index (χ1v) is 14.3. The van der Waals surface area contributed by atoms with Crippen LogP contribution >= 0.6 is 38.9 Å². The van der Waals surface area contributed by atoms with Gasteiger partial charge in [-0.25, -0.2) is 18.1 Å². The number of nitrogens with zero attached hydrogens (tertiary/aromatic N) is 3. The maximum Gasteiger partial charge on any atom is 0.250 e. The first-order valence-electron chi connectivity index (χ1n) is 10.9. The van der Waals surface area contributed by atoms with Crippen LogP contribution in [-0.2, 0) is 10.0 Å². The summed E-state index contributed by atoms with van der Waals surface area (Å²) in [6.07, 6.45) is 4.07. The molecule has 2 N–H and O–H groups in total. The van der Waals surface area contributed by atoms with Crippen molar-refractivity contribution in [2.24, 2.45) is 11.8 Å². The second-order valence-corrected chi connectivity index (χ2v) is 13.1. The molecule has 1 aliphatic carbocycles. The number of thiophene rings is 1. The molecule has 178 valence electrons. The van der Waals surface area contributed by atoms with E-state index in [0.29, 0.717) is 33.1 Å². The molecule has 0 saturated heterocycles. The van der Waals surface area contributed by atoms with E-state index >= 15 is 0 Å². The molecule has 0 spiro atoms. The van der Waals surface area contributed by atoms with Gasteiger partial charge in [-0.2, -0.15) is 4.98 Å². The smallest absolute Gasteiger partial charge is 0.250 e. The summed E-state index contributed by atoms with van der Waals surface area (Å²) < 4.78 is 29.1. The van der Waals surface area contributed by atoms with Crippen LogP contribution in [0.2, 0.25) is 4.34 Å². The van der Waals surface area contributed by atoms with Crippen molar-refractivity contribution in [3.05, 3.63) is 39.1 Å². The van der Waals surface area contributed by atoms with Crippen molar-refractivity contribution in [2.75, 3.05) is 37.4 Å². The number of halogens is 2. The van der Waals surface area contributed by atoms with Crippen LogP contribution in [-0.4, -0.2) is 45.6 Å². The second kappa shape index (κ2) is 10.4. The summed E-state index contributed by atoms with van der Waals surface area (Å²) in [4.78, 5) is 11.4. The molecule has 0 amide bonds. The van der Waals surface area contributed by atoms with Crippen molar-refractivity contribution >= 4 is 71.6 Å². The summed E-state index contributed by atoms with van der Waals surface area (Å²) >= 11 is 10.3. The standard InChI is InChI=1S/C22H27BrClN5O2S2/c1-29(2)21-16-5-3-4-6-18(16)27-22(28-21)25-12-14-7-9-15(10-8-14)13-26-33(30,31)19-11-17(23)20(24)32-19/h3-6,11,14-15,26H,7-10,12-13H2,1-2H3,(H,25,27,28). The zero-order chi connectivity index (χ0) is 23.6. The van der Waals surface area contributed by atoms with Crippen LogP contribution in [0.5, 0.6) is 0 Å². The number of fused-ring (bicyclic) bond motifs is 1. The van der Waals surface area contributed by atoms with Crippen LogP contribution in [0, 0.1) is 11.8 Å². The molecular formula is C22H27BrClN5O2S2. The van der Waals surface area contributed by atoms with Crippen molar-refractivity contribution in [3.63, 3.8) is 0 Å². The zero-order valence-electron chi connectivity index (χ0n) is 18.5. The Balaban J connectivity index is 1.28. The lowest BCUT2D eigenvalue weighted by atomic mass is 9.82. The van der Waals surface area contributed by atoms with Gasteiger partial charge in [-0.3, -0.25) is 0 Å². The van der Waals surface area contributed by atoms with Crippen LogP contribution in [0.1, 0.15) is 25.7 Å². The highest BCUT2D eigenvalue weighted by Crippen LogP contribution is 2.35. The van der Waals surface area contributed by atoms with Gasteiger partial charge in [0, 0.05) is 37.0 Å². The third-order valence-electron chi connectivity index (χ3n) is 5.97. The Morgan fingerprint density at radius 3 is 2.42 bits per heavy atom. The summed E-state index contributed by atoms with van der Waals surface area (Å²) in [6.45, 7) is 1.26. The average molecular weight is 573 g/mol. The highest BCUT2D eigenvalue weighted by atomic mass is 79.9. The molecule has 11 heteroatoms. The first kappa shape index (κ1) is 24.7. The summed E-state index contributed by atoms with van der Waals surface area (Å²) in [5.74, 6) is 2.40. The normalized spacial score (nSPS) is 19.0.